The molecule has 0 bridgehead atoms. The summed E-state index contributed by atoms with van der Waals surface area (Å²) in [4.78, 5) is 0. The highest BCUT2D eigenvalue weighted by molar-refractivity contribution is 5.16. The van der Waals surface area contributed by atoms with Crippen molar-refractivity contribution in [3.05, 3.63) is 12.8 Å². The van der Waals surface area contributed by atoms with Crippen molar-refractivity contribution in [2.45, 2.75) is 26.7 Å². The Labute approximate surface area is 52.3 Å². The van der Waals surface area contributed by atoms with Gasteiger partial charge in [0.2, 0.25) is 0 Å². The average molecular weight is 108 g/mol. The molecule has 0 rings (SSSR count). The lowest BCUT2D eigenvalue weighted by Crippen LogP contribution is -1.73. The van der Waals surface area contributed by atoms with Crippen LogP contribution in [0.1, 0.15) is 26.7 Å². The molecule has 0 heterocycles. The first-order chi connectivity index (χ1) is 3.77. The van der Waals surface area contributed by atoms with Crippen LogP contribution in [0, 0.1) is 24.7 Å². The van der Waals surface area contributed by atoms with Crippen molar-refractivity contribution in [3.8, 4) is 11.8 Å². The van der Waals surface area contributed by atoms with E-state index in [0.717, 1.165) is 12.8 Å². The minimum absolute atomic E-state index is 0.917. The third-order valence-corrected chi connectivity index (χ3v) is 0.640. The van der Waals surface area contributed by atoms with E-state index in [9.17, 15) is 0 Å². The first kappa shape index (κ1) is 7.56. The largest absolute Gasteiger partial charge is 0.103 e. The van der Waals surface area contributed by atoms with Crippen LogP contribution >= 0.6 is 0 Å². The number of unbranched alkanes of at least 4 members (excludes halogenated alkanes) is 1. The molecule has 0 nitrogen and oxygen atoms in total. The average Bonchev–Trinajstić information content (AvgIpc) is 1.66. The van der Waals surface area contributed by atoms with Crippen molar-refractivity contribution in [2.24, 2.45) is 0 Å². The fourth-order valence-corrected chi connectivity index (χ4v) is 0.328. The summed E-state index contributed by atoms with van der Waals surface area (Å²) in [5, 5.41) is 0. The molecule has 0 N–H and O–H groups in total. The number of rotatable bonds is 1. The summed E-state index contributed by atoms with van der Waals surface area (Å²) in [6.45, 7) is 7.69. The van der Waals surface area contributed by atoms with E-state index < -0.39 is 0 Å². The molecular formula is C8H12. The summed E-state index contributed by atoms with van der Waals surface area (Å²) in [7, 11) is 0. The maximum absolute atomic E-state index is 3.67. The molecule has 0 saturated carbocycles. The molecule has 0 aromatic rings. The first-order valence-corrected chi connectivity index (χ1v) is 2.85. The van der Waals surface area contributed by atoms with Gasteiger partial charge in [-0.2, -0.15) is 0 Å². The zero-order valence-electron chi connectivity index (χ0n) is 5.62. The Kier molecular flexibility index (Phi) is 4.45. The van der Waals surface area contributed by atoms with Crippen LogP contribution in [0.15, 0.2) is 0 Å². The topological polar surface area (TPSA) is 0 Å². The lowest BCUT2D eigenvalue weighted by atomic mass is 10.2. The molecule has 0 heteroatoms. The maximum atomic E-state index is 3.67. The molecule has 0 fully saturated rings. The molecular weight excluding hydrogens is 96.1 g/mol. The van der Waals surface area contributed by atoms with E-state index in [4.69, 9.17) is 0 Å². The first-order valence-electron chi connectivity index (χ1n) is 2.85. The second-order valence-electron chi connectivity index (χ2n) is 1.91. The van der Waals surface area contributed by atoms with Crippen molar-refractivity contribution in [2.75, 3.05) is 0 Å². The third kappa shape index (κ3) is 5.56. The van der Waals surface area contributed by atoms with E-state index in [2.05, 4.69) is 18.8 Å². The van der Waals surface area contributed by atoms with Gasteiger partial charge in [-0.1, -0.05) is 12.8 Å². The standard InChI is InChI=1S/C8H12/c1-4-5-6-7-8(2)3/h1,4-5H2,2-3H3. The fourth-order valence-electron chi connectivity index (χ4n) is 0.328. The van der Waals surface area contributed by atoms with Crippen LogP contribution in [-0.2, 0) is 0 Å². The van der Waals surface area contributed by atoms with Gasteiger partial charge in [-0.3, -0.25) is 0 Å². The molecule has 2 radical (unpaired) electrons. The zero-order chi connectivity index (χ0) is 6.41. The van der Waals surface area contributed by atoms with Crippen molar-refractivity contribution >= 4 is 0 Å². The van der Waals surface area contributed by atoms with Crippen LogP contribution < -0.4 is 0 Å². The van der Waals surface area contributed by atoms with Gasteiger partial charge in [-0.05, 0) is 20.3 Å². The van der Waals surface area contributed by atoms with E-state index in [1.165, 1.54) is 5.92 Å². The van der Waals surface area contributed by atoms with Crippen LogP contribution in [0.2, 0.25) is 0 Å². The van der Waals surface area contributed by atoms with Crippen LogP contribution in [0.4, 0.5) is 0 Å². The Morgan fingerprint density at radius 2 is 2.12 bits per heavy atom. The highest BCUT2D eigenvalue weighted by atomic mass is 13.8. The second kappa shape index (κ2) is 4.71. The summed E-state index contributed by atoms with van der Waals surface area (Å²) in [5.74, 6) is 7.14. The Bertz CT molecular complexity index is 90.3. The maximum Gasteiger partial charge on any atom is 0.0418 e. The van der Waals surface area contributed by atoms with Gasteiger partial charge < -0.3 is 0 Å². The van der Waals surface area contributed by atoms with Crippen LogP contribution in [-0.4, -0.2) is 0 Å². The van der Waals surface area contributed by atoms with Crippen molar-refractivity contribution in [1.82, 2.24) is 0 Å². The molecule has 0 saturated heterocycles. The number of hydrogen-bond acceptors (Lipinski definition) is 0. The normalized spacial score (nSPS) is 8.50. The molecule has 0 unspecified atom stereocenters. The quantitative estimate of drug-likeness (QED) is 0.452. The molecule has 0 aliphatic rings. The lowest BCUT2D eigenvalue weighted by Gasteiger charge is -1.84. The zero-order valence-corrected chi connectivity index (χ0v) is 5.62. The van der Waals surface area contributed by atoms with Gasteiger partial charge in [0.05, 0.1) is 0 Å². The van der Waals surface area contributed by atoms with Gasteiger partial charge in [0.15, 0.2) is 0 Å². The molecule has 0 atom stereocenters. The SMILES string of the molecule is [CH2]CCC#C[C](C)C. The van der Waals surface area contributed by atoms with Gasteiger partial charge in [0.25, 0.3) is 0 Å². The molecule has 8 heavy (non-hydrogen) atoms. The predicted octanol–water partition coefficient (Wildman–Crippen LogP) is 2.22. The Balaban J connectivity index is 3.20. The Hall–Kier alpha value is -0.440. The third-order valence-electron chi connectivity index (χ3n) is 0.640. The van der Waals surface area contributed by atoms with Crippen molar-refractivity contribution < 1.29 is 0 Å². The Morgan fingerprint density at radius 3 is 2.50 bits per heavy atom. The van der Waals surface area contributed by atoms with E-state index in [0.29, 0.717) is 0 Å². The molecule has 0 spiro atoms. The molecule has 0 aromatic carbocycles. The monoisotopic (exact) mass is 108 g/mol. The predicted molar refractivity (Wildman–Crippen MR) is 37.0 cm³/mol. The van der Waals surface area contributed by atoms with E-state index in [-0.39, 0.29) is 0 Å². The molecule has 0 amide bonds. The molecule has 44 valence electrons. The van der Waals surface area contributed by atoms with Crippen LogP contribution in [0.3, 0.4) is 0 Å². The summed E-state index contributed by atoms with van der Waals surface area (Å²) in [5.41, 5.74) is 0. The lowest BCUT2D eigenvalue weighted by molar-refractivity contribution is 1.08. The number of hydrogen-bond donors (Lipinski definition) is 0. The smallest absolute Gasteiger partial charge is 0.0418 e. The van der Waals surface area contributed by atoms with E-state index in [1.54, 1.807) is 0 Å². The van der Waals surface area contributed by atoms with Gasteiger partial charge in [0.1, 0.15) is 0 Å². The van der Waals surface area contributed by atoms with E-state index in [1.807, 2.05) is 13.8 Å². The molecule has 0 aromatic heterocycles. The van der Waals surface area contributed by atoms with Crippen molar-refractivity contribution in [3.63, 3.8) is 0 Å². The summed E-state index contributed by atoms with van der Waals surface area (Å²) in [6.07, 6.45) is 1.84. The van der Waals surface area contributed by atoms with Gasteiger partial charge in [-0.15, -0.1) is 5.92 Å². The summed E-state index contributed by atoms with van der Waals surface area (Å²) < 4.78 is 0. The summed E-state index contributed by atoms with van der Waals surface area (Å²) in [6, 6.07) is 0. The van der Waals surface area contributed by atoms with Gasteiger partial charge in [-0.25, -0.2) is 0 Å². The second-order valence-corrected chi connectivity index (χ2v) is 1.91. The van der Waals surface area contributed by atoms with Crippen molar-refractivity contribution in [1.29, 1.82) is 0 Å². The minimum atomic E-state index is 0.917. The highest BCUT2D eigenvalue weighted by Gasteiger charge is 1.79. The molecule has 0 aliphatic carbocycles. The fraction of sp³-hybridized carbons (Fsp3) is 0.500. The van der Waals surface area contributed by atoms with E-state index >= 15 is 0 Å². The Morgan fingerprint density at radius 1 is 1.50 bits per heavy atom. The minimum Gasteiger partial charge on any atom is -0.103 e. The summed E-state index contributed by atoms with van der Waals surface area (Å²) >= 11 is 0. The van der Waals surface area contributed by atoms with Crippen LogP contribution in [0.25, 0.3) is 0 Å². The van der Waals surface area contributed by atoms with Crippen LogP contribution in [0.5, 0.6) is 0 Å². The highest BCUT2D eigenvalue weighted by Crippen LogP contribution is 1.90. The van der Waals surface area contributed by atoms with Gasteiger partial charge >= 0.3 is 0 Å². The van der Waals surface area contributed by atoms with Gasteiger partial charge in [0, 0.05) is 12.3 Å². The molecule has 0 aliphatic heterocycles.